The lowest BCUT2D eigenvalue weighted by atomic mass is 10.6. The van der Waals surface area contributed by atoms with Crippen LogP contribution in [0.2, 0.25) is 0 Å². The van der Waals surface area contributed by atoms with E-state index < -0.39 is 10.0 Å². The van der Waals surface area contributed by atoms with Crippen molar-refractivity contribution in [1.29, 1.82) is 0 Å². The summed E-state index contributed by atoms with van der Waals surface area (Å²) in [5, 5.41) is 7.26. The maximum absolute atomic E-state index is 12.2. The van der Waals surface area contributed by atoms with Gasteiger partial charge in [-0.3, -0.25) is 4.68 Å². The lowest BCUT2D eigenvalue weighted by molar-refractivity contribution is 0.464. The quantitative estimate of drug-likeness (QED) is 0.724. The predicted octanol–water partition coefficient (Wildman–Crippen LogP) is 0.276. The summed E-state index contributed by atoms with van der Waals surface area (Å²) in [7, 11) is -1.71. The Hall–Kier alpha value is -0.920. The number of sulfonamides is 1. The van der Waals surface area contributed by atoms with Gasteiger partial charge in [0.15, 0.2) is 0 Å². The summed E-state index contributed by atoms with van der Waals surface area (Å²) >= 11 is 0. The third-order valence-electron chi connectivity index (χ3n) is 3.12. The Kier molecular flexibility index (Phi) is 4.04. The summed E-state index contributed by atoms with van der Waals surface area (Å²) in [6, 6.07) is 0.181. The molecule has 1 fully saturated rings. The molecule has 1 heterocycles. The fraction of sp³-hybridized carbons (Fsp3) is 0.727. The van der Waals surface area contributed by atoms with Crippen molar-refractivity contribution in [3.05, 3.63) is 12.4 Å². The van der Waals surface area contributed by atoms with Gasteiger partial charge in [0.25, 0.3) is 0 Å². The van der Waals surface area contributed by atoms with Gasteiger partial charge >= 0.3 is 0 Å². The third kappa shape index (κ3) is 2.90. The van der Waals surface area contributed by atoms with Crippen molar-refractivity contribution >= 4 is 10.0 Å². The Morgan fingerprint density at radius 1 is 1.56 bits per heavy atom. The van der Waals surface area contributed by atoms with Crippen LogP contribution >= 0.6 is 0 Å². The first kappa shape index (κ1) is 13.5. The topological polar surface area (TPSA) is 67.2 Å². The second-order valence-corrected chi connectivity index (χ2v) is 6.54. The van der Waals surface area contributed by atoms with E-state index in [2.05, 4.69) is 10.4 Å². The van der Waals surface area contributed by atoms with Gasteiger partial charge in [-0.15, -0.1) is 0 Å². The second-order valence-electron chi connectivity index (χ2n) is 4.55. The molecule has 1 saturated carbocycles. The van der Waals surface area contributed by atoms with Crippen LogP contribution in [0, 0.1) is 0 Å². The van der Waals surface area contributed by atoms with Gasteiger partial charge in [0.1, 0.15) is 4.90 Å². The summed E-state index contributed by atoms with van der Waals surface area (Å²) in [6.07, 6.45) is 4.96. The minimum Gasteiger partial charge on any atom is -0.315 e. The van der Waals surface area contributed by atoms with Crippen LogP contribution in [0.15, 0.2) is 17.3 Å². The summed E-state index contributed by atoms with van der Waals surface area (Å²) in [5.41, 5.74) is 0. The van der Waals surface area contributed by atoms with Gasteiger partial charge < -0.3 is 5.32 Å². The zero-order chi connectivity index (χ0) is 13.2. The molecule has 0 aromatic carbocycles. The zero-order valence-electron chi connectivity index (χ0n) is 10.8. The fourth-order valence-corrected chi connectivity index (χ4v) is 3.14. The molecule has 102 valence electrons. The molecule has 2 rings (SSSR count). The Labute approximate surface area is 108 Å². The molecular formula is C11H20N4O2S. The highest BCUT2D eigenvalue weighted by Gasteiger charge is 2.35. The number of aromatic nitrogens is 2. The number of hydrogen-bond acceptors (Lipinski definition) is 4. The molecule has 0 spiro atoms. The van der Waals surface area contributed by atoms with Gasteiger partial charge in [-0.2, -0.15) is 9.40 Å². The van der Waals surface area contributed by atoms with E-state index in [-0.39, 0.29) is 10.9 Å². The number of nitrogens with one attached hydrogen (secondary N) is 1. The van der Waals surface area contributed by atoms with Crippen molar-refractivity contribution in [2.75, 3.05) is 20.1 Å². The standard InChI is InChI=1S/C11H20N4O2S/c1-3-12-6-7-15-9-11(8-13-15)18(16,17)14(2)10-4-5-10/h8-10,12H,3-7H2,1-2H3. The smallest absolute Gasteiger partial charge is 0.246 e. The average molecular weight is 272 g/mol. The minimum absolute atomic E-state index is 0.181. The largest absolute Gasteiger partial charge is 0.315 e. The van der Waals surface area contributed by atoms with Crippen molar-refractivity contribution in [3.63, 3.8) is 0 Å². The summed E-state index contributed by atoms with van der Waals surface area (Å²) < 4.78 is 27.5. The van der Waals surface area contributed by atoms with E-state index >= 15 is 0 Å². The Balaban J connectivity index is 2.04. The van der Waals surface area contributed by atoms with E-state index in [4.69, 9.17) is 0 Å². The maximum atomic E-state index is 12.2. The molecule has 1 aromatic rings. The predicted molar refractivity (Wildman–Crippen MR) is 68.7 cm³/mol. The van der Waals surface area contributed by atoms with Gasteiger partial charge in [0.2, 0.25) is 10.0 Å². The number of nitrogens with zero attached hydrogens (tertiary/aromatic N) is 3. The molecule has 1 aromatic heterocycles. The normalized spacial score (nSPS) is 16.4. The van der Waals surface area contributed by atoms with Crippen molar-refractivity contribution in [2.45, 2.75) is 37.2 Å². The molecule has 0 unspecified atom stereocenters. The first-order valence-corrected chi connectivity index (χ1v) is 7.71. The summed E-state index contributed by atoms with van der Waals surface area (Å²) in [6.45, 7) is 4.40. The monoisotopic (exact) mass is 272 g/mol. The molecule has 1 N–H and O–H groups in total. The first-order chi connectivity index (χ1) is 8.55. The van der Waals surface area contributed by atoms with Crippen LogP contribution < -0.4 is 5.32 Å². The van der Waals surface area contributed by atoms with Crippen molar-refractivity contribution < 1.29 is 8.42 Å². The molecule has 0 radical (unpaired) electrons. The zero-order valence-corrected chi connectivity index (χ0v) is 11.7. The van der Waals surface area contributed by atoms with E-state index in [0.29, 0.717) is 6.54 Å². The van der Waals surface area contributed by atoms with Crippen LogP contribution in [-0.2, 0) is 16.6 Å². The molecule has 0 aliphatic heterocycles. The van der Waals surface area contributed by atoms with Gasteiger partial charge in [0.05, 0.1) is 12.7 Å². The summed E-state index contributed by atoms with van der Waals surface area (Å²) in [4.78, 5) is 0.286. The van der Waals surface area contributed by atoms with E-state index in [0.717, 1.165) is 25.9 Å². The highest BCUT2D eigenvalue weighted by molar-refractivity contribution is 7.89. The van der Waals surface area contributed by atoms with Crippen molar-refractivity contribution in [1.82, 2.24) is 19.4 Å². The van der Waals surface area contributed by atoms with Gasteiger partial charge in [-0.05, 0) is 19.4 Å². The van der Waals surface area contributed by atoms with Crippen LogP contribution in [0.3, 0.4) is 0 Å². The number of likely N-dealkylation sites (N-methyl/N-ethyl adjacent to an activating group) is 1. The second kappa shape index (κ2) is 5.38. The molecule has 1 aliphatic rings. The van der Waals surface area contributed by atoms with E-state index in [1.165, 1.54) is 10.5 Å². The fourth-order valence-electron chi connectivity index (χ4n) is 1.77. The van der Waals surface area contributed by atoms with E-state index in [9.17, 15) is 8.42 Å². The lowest BCUT2D eigenvalue weighted by Gasteiger charge is -2.14. The molecule has 7 heteroatoms. The molecule has 1 aliphatic carbocycles. The van der Waals surface area contributed by atoms with Gasteiger partial charge in [-0.25, -0.2) is 8.42 Å². The average Bonchev–Trinajstić information content (AvgIpc) is 3.07. The SMILES string of the molecule is CCNCCn1cc(S(=O)(=O)N(C)C2CC2)cn1. The molecule has 0 saturated heterocycles. The van der Waals surface area contributed by atoms with Crippen LogP contribution in [-0.4, -0.2) is 48.7 Å². The van der Waals surface area contributed by atoms with Gasteiger partial charge in [0, 0.05) is 25.8 Å². The Morgan fingerprint density at radius 2 is 2.28 bits per heavy atom. The van der Waals surface area contributed by atoms with E-state index in [1.807, 2.05) is 6.92 Å². The lowest BCUT2D eigenvalue weighted by Crippen LogP contribution is -2.28. The van der Waals surface area contributed by atoms with Crippen LogP contribution in [0.4, 0.5) is 0 Å². The van der Waals surface area contributed by atoms with Gasteiger partial charge in [-0.1, -0.05) is 6.92 Å². The molecule has 0 amide bonds. The highest BCUT2D eigenvalue weighted by atomic mass is 32.2. The van der Waals surface area contributed by atoms with Crippen molar-refractivity contribution in [2.24, 2.45) is 0 Å². The Bertz CT molecular complexity index is 493. The molecule has 6 nitrogen and oxygen atoms in total. The first-order valence-electron chi connectivity index (χ1n) is 6.27. The van der Waals surface area contributed by atoms with Crippen molar-refractivity contribution in [3.8, 4) is 0 Å². The van der Waals surface area contributed by atoms with Crippen LogP contribution in [0.5, 0.6) is 0 Å². The summed E-state index contributed by atoms with van der Waals surface area (Å²) in [5.74, 6) is 0. The molecule has 0 bridgehead atoms. The molecule has 0 atom stereocenters. The van der Waals surface area contributed by atoms with Crippen LogP contribution in [0.25, 0.3) is 0 Å². The van der Waals surface area contributed by atoms with Crippen LogP contribution in [0.1, 0.15) is 19.8 Å². The Morgan fingerprint density at radius 3 is 2.89 bits per heavy atom. The third-order valence-corrected chi connectivity index (χ3v) is 4.98. The molecule has 18 heavy (non-hydrogen) atoms. The maximum Gasteiger partial charge on any atom is 0.246 e. The molecular weight excluding hydrogens is 252 g/mol. The number of hydrogen-bond donors (Lipinski definition) is 1. The number of rotatable bonds is 7. The van der Waals surface area contributed by atoms with E-state index in [1.54, 1.807) is 17.9 Å². The minimum atomic E-state index is -3.36. The highest BCUT2D eigenvalue weighted by Crippen LogP contribution is 2.30.